The van der Waals surface area contributed by atoms with Crippen molar-refractivity contribution >= 4 is 44.2 Å². The van der Waals surface area contributed by atoms with Crippen molar-refractivity contribution in [2.75, 3.05) is 12.3 Å². The molecule has 3 aromatic rings. The summed E-state index contributed by atoms with van der Waals surface area (Å²) in [6.07, 6.45) is 14.4. The largest absolute Gasteiger partial charge is 0.462 e. The Balaban J connectivity index is 1.61. The van der Waals surface area contributed by atoms with E-state index in [-0.39, 0.29) is 23.5 Å². The van der Waals surface area contributed by atoms with E-state index in [1.807, 2.05) is 0 Å². The zero-order chi connectivity index (χ0) is 28.2. The van der Waals surface area contributed by atoms with Gasteiger partial charge in [0.1, 0.15) is 5.56 Å². The third-order valence-corrected chi connectivity index (χ3v) is 7.42. The van der Waals surface area contributed by atoms with Crippen LogP contribution in [0.5, 0.6) is 0 Å². The molecule has 2 aromatic carbocycles. The standard InChI is InChI=1S/C30H38BrN3O5/c1-2-3-4-5-6-7-8-9-10-11-12-13-20-39-30(36)27-28(32)25-19-14-22(31)21-26(25)33(29(27)35)23-15-17-24(18-16-23)34(37)38/h14-19,21H,2-13,20,32H2,1H3. The van der Waals surface area contributed by atoms with Crippen molar-refractivity contribution in [3.63, 3.8) is 0 Å². The van der Waals surface area contributed by atoms with Gasteiger partial charge in [0.25, 0.3) is 11.2 Å². The Hall–Kier alpha value is -3.20. The van der Waals surface area contributed by atoms with Gasteiger partial charge in [0.05, 0.1) is 22.7 Å². The van der Waals surface area contributed by atoms with Crippen LogP contribution in [0.1, 0.15) is 94.3 Å². The lowest BCUT2D eigenvalue weighted by Crippen LogP contribution is -2.28. The Morgan fingerprint density at radius 2 is 1.49 bits per heavy atom. The maximum atomic E-state index is 13.5. The van der Waals surface area contributed by atoms with Crippen molar-refractivity contribution in [1.29, 1.82) is 0 Å². The minimum Gasteiger partial charge on any atom is -0.462 e. The Morgan fingerprint density at radius 1 is 0.923 bits per heavy atom. The molecule has 0 saturated carbocycles. The highest BCUT2D eigenvalue weighted by atomic mass is 79.9. The second-order valence-electron chi connectivity index (χ2n) is 9.89. The number of non-ortho nitro benzene ring substituents is 1. The summed E-state index contributed by atoms with van der Waals surface area (Å²) >= 11 is 3.41. The van der Waals surface area contributed by atoms with E-state index in [0.717, 1.165) is 19.3 Å². The smallest absolute Gasteiger partial charge is 0.345 e. The average Bonchev–Trinajstić information content (AvgIpc) is 2.91. The highest BCUT2D eigenvalue weighted by Crippen LogP contribution is 2.28. The summed E-state index contributed by atoms with van der Waals surface area (Å²) in [5.41, 5.74) is 6.24. The average molecular weight is 601 g/mol. The lowest BCUT2D eigenvalue weighted by molar-refractivity contribution is -0.384. The number of hydrogen-bond donors (Lipinski definition) is 1. The first-order valence-corrected chi connectivity index (χ1v) is 14.7. The van der Waals surface area contributed by atoms with Gasteiger partial charge in [-0.3, -0.25) is 19.5 Å². The quantitative estimate of drug-likeness (QED) is 0.0768. The van der Waals surface area contributed by atoms with Crippen LogP contribution >= 0.6 is 15.9 Å². The number of aromatic nitrogens is 1. The van der Waals surface area contributed by atoms with Crippen molar-refractivity contribution in [3.05, 3.63) is 73.0 Å². The van der Waals surface area contributed by atoms with Crippen LogP contribution in [0.25, 0.3) is 16.6 Å². The van der Waals surface area contributed by atoms with Crippen LogP contribution in [0.15, 0.2) is 51.7 Å². The highest BCUT2D eigenvalue weighted by molar-refractivity contribution is 9.10. The predicted molar refractivity (Wildman–Crippen MR) is 160 cm³/mol. The van der Waals surface area contributed by atoms with E-state index in [9.17, 15) is 19.7 Å². The van der Waals surface area contributed by atoms with Gasteiger partial charge in [-0.15, -0.1) is 0 Å². The summed E-state index contributed by atoms with van der Waals surface area (Å²) in [4.78, 5) is 37.1. The number of halogens is 1. The number of fused-ring (bicyclic) bond motifs is 1. The van der Waals surface area contributed by atoms with Crippen LogP contribution in [0.4, 0.5) is 11.4 Å². The van der Waals surface area contributed by atoms with Crippen LogP contribution in [0, 0.1) is 10.1 Å². The molecule has 0 amide bonds. The number of nitrogen functional groups attached to an aromatic ring is 1. The molecular formula is C30H38BrN3O5. The number of nitro groups is 1. The second kappa shape index (κ2) is 15.4. The number of pyridine rings is 1. The molecule has 0 bridgehead atoms. The first-order chi connectivity index (χ1) is 18.8. The summed E-state index contributed by atoms with van der Waals surface area (Å²) in [6.45, 7) is 2.45. The summed E-state index contributed by atoms with van der Waals surface area (Å²) < 4.78 is 7.51. The highest BCUT2D eigenvalue weighted by Gasteiger charge is 2.23. The summed E-state index contributed by atoms with van der Waals surface area (Å²) in [7, 11) is 0. The second-order valence-corrected chi connectivity index (χ2v) is 10.8. The van der Waals surface area contributed by atoms with Crippen molar-refractivity contribution < 1.29 is 14.5 Å². The number of nitro benzene ring substituents is 1. The molecule has 0 aliphatic carbocycles. The maximum Gasteiger partial charge on any atom is 0.345 e. The number of nitrogens with two attached hydrogens (primary N) is 1. The molecule has 0 fully saturated rings. The predicted octanol–water partition coefficient (Wildman–Crippen LogP) is 8.10. The fourth-order valence-corrected chi connectivity index (χ4v) is 5.09. The number of ether oxygens (including phenoxy) is 1. The Bertz CT molecular complexity index is 1320. The maximum absolute atomic E-state index is 13.5. The van der Waals surface area contributed by atoms with E-state index in [4.69, 9.17) is 10.5 Å². The van der Waals surface area contributed by atoms with Gasteiger partial charge in [-0.1, -0.05) is 93.5 Å². The van der Waals surface area contributed by atoms with E-state index in [0.29, 0.717) is 21.1 Å². The SMILES string of the molecule is CCCCCCCCCCCCCCOC(=O)c1c(N)c2ccc(Br)cc2n(-c2ccc([N+](=O)[O-])cc2)c1=O. The zero-order valence-electron chi connectivity index (χ0n) is 22.6. The molecule has 0 unspecified atom stereocenters. The summed E-state index contributed by atoms with van der Waals surface area (Å²) in [5, 5.41) is 11.6. The van der Waals surface area contributed by atoms with Crippen molar-refractivity contribution in [2.24, 2.45) is 0 Å². The molecule has 210 valence electrons. The number of carbonyl (C=O) groups excluding carboxylic acids is 1. The van der Waals surface area contributed by atoms with Crippen LogP contribution in [-0.4, -0.2) is 22.1 Å². The monoisotopic (exact) mass is 599 g/mol. The molecule has 0 atom stereocenters. The van der Waals surface area contributed by atoms with Crippen LogP contribution in [-0.2, 0) is 4.74 Å². The fraction of sp³-hybridized carbons (Fsp3) is 0.467. The molecule has 8 nitrogen and oxygen atoms in total. The molecule has 0 radical (unpaired) electrons. The molecule has 9 heteroatoms. The van der Waals surface area contributed by atoms with Crippen molar-refractivity contribution in [1.82, 2.24) is 4.57 Å². The number of nitrogens with zero attached hydrogens (tertiary/aromatic N) is 2. The van der Waals surface area contributed by atoms with Crippen molar-refractivity contribution in [2.45, 2.75) is 84.0 Å². The number of anilines is 1. The zero-order valence-corrected chi connectivity index (χ0v) is 24.2. The van der Waals surface area contributed by atoms with Gasteiger partial charge in [0.2, 0.25) is 0 Å². The molecule has 0 spiro atoms. The van der Waals surface area contributed by atoms with Crippen LogP contribution in [0.3, 0.4) is 0 Å². The molecule has 2 N–H and O–H groups in total. The first kappa shape index (κ1) is 30.3. The number of rotatable bonds is 16. The minimum atomic E-state index is -0.763. The Kier molecular flexibility index (Phi) is 12.0. The molecule has 3 rings (SSSR count). The fourth-order valence-electron chi connectivity index (χ4n) is 4.75. The molecule has 1 aromatic heterocycles. The number of hydrogen-bond acceptors (Lipinski definition) is 6. The van der Waals surface area contributed by atoms with E-state index in [1.54, 1.807) is 18.2 Å². The lowest BCUT2D eigenvalue weighted by Gasteiger charge is -2.16. The number of benzene rings is 2. The number of carbonyl (C=O) groups is 1. The third-order valence-electron chi connectivity index (χ3n) is 6.93. The van der Waals surface area contributed by atoms with E-state index < -0.39 is 16.5 Å². The van der Waals surface area contributed by atoms with Crippen LogP contribution in [0.2, 0.25) is 0 Å². The van der Waals surface area contributed by atoms with Crippen molar-refractivity contribution in [3.8, 4) is 5.69 Å². The van der Waals surface area contributed by atoms with Gasteiger partial charge in [0, 0.05) is 27.7 Å². The lowest BCUT2D eigenvalue weighted by atomic mass is 10.1. The normalized spacial score (nSPS) is 11.1. The number of esters is 1. The minimum absolute atomic E-state index is 0.0559. The van der Waals surface area contributed by atoms with Gasteiger partial charge in [-0.05, 0) is 36.8 Å². The van der Waals surface area contributed by atoms with Gasteiger partial charge in [-0.25, -0.2) is 4.79 Å². The molecule has 0 saturated heterocycles. The molecule has 0 aliphatic rings. The van der Waals surface area contributed by atoms with E-state index >= 15 is 0 Å². The molecule has 39 heavy (non-hydrogen) atoms. The topological polar surface area (TPSA) is 117 Å². The molecular weight excluding hydrogens is 562 g/mol. The summed E-state index contributed by atoms with van der Waals surface area (Å²) in [5.74, 6) is -0.763. The Morgan fingerprint density at radius 3 is 2.05 bits per heavy atom. The molecule has 0 aliphatic heterocycles. The van der Waals surface area contributed by atoms with E-state index in [2.05, 4.69) is 22.9 Å². The van der Waals surface area contributed by atoms with E-state index in [1.165, 1.54) is 86.6 Å². The van der Waals surface area contributed by atoms with Gasteiger partial charge in [0.15, 0.2) is 0 Å². The summed E-state index contributed by atoms with van der Waals surface area (Å²) in [6, 6.07) is 10.8. The van der Waals surface area contributed by atoms with Gasteiger partial charge < -0.3 is 10.5 Å². The van der Waals surface area contributed by atoms with Gasteiger partial charge >= 0.3 is 5.97 Å². The van der Waals surface area contributed by atoms with Gasteiger partial charge in [-0.2, -0.15) is 0 Å². The Labute approximate surface area is 237 Å². The third kappa shape index (κ3) is 8.39. The van der Waals surface area contributed by atoms with Crippen LogP contribution < -0.4 is 11.3 Å². The molecule has 1 heterocycles. The first-order valence-electron chi connectivity index (χ1n) is 13.9. The number of unbranched alkanes of at least 4 members (excludes halogenated alkanes) is 11.